The van der Waals surface area contributed by atoms with Crippen molar-refractivity contribution >= 4 is 17.0 Å². The lowest BCUT2D eigenvalue weighted by Crippen LogP contribution is -2.05. The van der Waals surface area contributed by atoms with Crippen LogP contribution in [0.1, 0.15) is 44.9 Å². The first-order chi connectivity index (χ1) is 8.60. The molecule has 0 radical (unpaired) electrons. The van der Waals surface area contributed by atoms with E-state index in [4.69, 9.17) is 4.84 Å². The van der Waals surface area contributed by atoms with Gasteiger partial charge in [0.25, 0.3) is 0 Å². The van der Waals surface area contributed by atoms with Gasteiger partial charge >= 0.3 is 0 Å². The van der Waals surface area contributed by atoms with Gasteiger partial charge in [-0.05, 0) is 18.9 Å². The average Bonchev–Trinajstić information content (AvgIpc) is 2.37. The monoisotopic (exact) mass is 268 g/mol. The predicted octanol–water partition coefficient (Wildman–Crippen LogP) is 2.70. The molecule has 0 saturated heterocycles. The van der Waals surface area contributed by atoms with Gasteiger partial charge in [0.1, 0.15) is 6.61 Å². The molecule has 5 heteroatoms. The van der Waals surface area contributed by atoms with Gasteiger partial charge in [-0.25, -0.2) is 0 Å². The van der Waals surface area contributed by atoms with Crippen LogP contribution in [0.3, 0.4) is 0 Å². The number of hydrogen-bond donors (Lipinski definition) is 0. The highest BCUT2D eigenvalue weighted by Crippen LogP contribution is 2.21. The summed E-state index contributed by atoms with van der Waals surface area (Å²) in [7, 11) is -1.01. The summed E-state index contributed by atoms with van der Waals surface area (Å²) in [5, 5.41) is 3.80. The van der Waals surface area contributed by atoms with Gasteiger partial charge in [-0.15, -0.1) is 0 Å². The van der Waals surface area contributed by atoms with Crippen molar-refractivity contribution in [3.63, 3.8) is 0 Å². The molecule has 0 aromatic carbocycles. The second-order valence-corrected chi connectivity index (χ2v) is 5.80. The van der Waals surface area contributed by atoms with Crippen molar-refractivity contribution in [1.29, 1.82) is 0 Å². The summed E-state index contributed by atoms with van der Waals surface area (Å²) in [4.78, 5) is 10.1. The fourth-order valence-corrected chi connectivity index (χ4v) is 2.59. The Morgan fingerprint density at radius 3 is 2.78 bits per heavy atom. The summed E-state index contributed by atoms with van der Waals surface area (Å²) in [6.07, 6.45) is 3.32. The molecule has 1 rings (SSSR count). The molecule has 0 saturated carbocycles. The molecule has 0 aliphatic heterocycles. The van der Waals surface area contributed by atoms with Gasteiger partial charge < -0.3 is 4.84 Å². The third kappa shape index (κ3) is 3.91. The van der Waals surface area contributed by atoms with Crippen LogP contribution in [0.15, 0.2) is 22.3 Å². The Balaban J connectivity index is 3.09. The van der Waals surface area contributed by atoms with Gasteiger partial charge in [0.05, 0.1) is 27.6 Å². The third-order valence-electron chi connectivity index (χ3n) is 2.36. The van der Waals surface area contributed by atoms with Gasteiger partial charge in [-0.2, -0.15) is 0 Å². The molecule has 18 heavy (non-hydrogen) atoms. The number of hydrogen-bond acceptors (Lipinski definition) is 4. The normalized spacial score (nSPS) is 13.2. The van der Waals surface area contributed by atoms with Crippen molar-refractivity contribution in [3.05, 3.63) is 23.5 Å². The first-order valence-corrected chi connectivity index (χ1v) is 7.45. The summed E-state index contributed by atoms with van der Waals surface area (Å²) in [5.41, 5.74) is 1.70. The standard InChI is InChI=1S/C13H20N2O2S/c1-5-17-15-9-11-7-12(18(16)6-2)13(10(3)4)14-8-11/h7-10H,5-6H2,1-4H3/b15-9+. The number of nitrogens with zero attached hydrogens (tertiary/aromatic N) is 2. The van der Waals surface area contributed by atoms with E-state index in [1.165, 1.54) is 0 Å². The van der Waals surface area contributed by atoms with E-state index in [-0.39, 0.29) is 5.92 Å². The van der Waals surface area contributed by atoms with Crippen LogP contribution in [0.5, 0.6) is 0 Å². The van der Waals surface area contributed by atoms with E-state index in [2.05, 4.69) is 10.1 Å². The minimum Gasteiger partial charge on any atom is -0.396 e. The highest BCUT2D eigenvalue weighted by Gasteiger charge is 2.13. The fraction of sp³-hybridized carbons (Fsp3) is 0.538. The second-order valence-electron chi connectivity index (χ2n) is 4.09. The van der Waals surface area contributed by atoms with Gasteiger partial charge in [0.2, 0.25) is 0 Å². The second kappa shape index (κ2) is 7.26. The summed E-state index contributed by atoms with van der Waals surface area (Å²) in [6, 6.07) is 1.88. The van der Waals surface area contributed by atoms with Gasteiger partial charge in [-0.1, -0.05) is 25.9 Å². The Labute approximate surface area is 111 Å². The molecule has 0 bridgehead atoms. The first kappa shape index (κ1) is 14.8. The molecule has 1 unspecified atom stereocenters. The smallest absolute Gasteiger partial charge is 0.114 e. The van der Waals surface area contributed by atoms with E-state index in [0.29, 0.717) is 12.4 Å². The maximum Gasteiger partial charge on any atom is 0.114 e. The molecule has 100 valence electrons. The lowest BCUT2D eigenvalue weighted by atomic mass is 10.1. The molecule has 1 heterocycles. The number of oxime groups is 1. The minimum atomic E-state index is -1.01. The SMILES string of the molecule is CCO/N=C/c1cnc(C(C)C)c(S(=O)CC)c1. The highest BCUT2D eigenvalue weighted by molar-refractivity contribution is 7.85. The molecule has 0 fully saturated rings. The first-order valence-electron chi connectivity index (χ1n) is 6.13. The number of aromatic nitrogens is 1. The fourth-order valence-electron chi connectivity index (χ4n) is 1.48. The molecule has 1 aromatic heterocycles. The van der Waals surface area contributed by atoms with Crippen LogP contribution >= 0.6 is 0 Å². The Morgan fingerprint density at radius 2 is 2.22 bits per heavy atom. The molecule has 0 N–H and O–H groups in total. The average molecular weight is 268 g/mol. The van der Waals surface area contributed by atoms with Crippen LogP contribution in [0.25, 0.3) is 0 Å². The zero-order valence-corrected chi connectivity index (χ0v) is 12.2. The zero-order chi connectivity index (χ0) is 13.5. The molecular weight excluding hydrogens is 248 g/mol. The molecule has 0 aliphatic carbocycles. The van der Waals surface area contributed by atoms with E-state index < -0.39 is 10.8 Å². The maximum atomic E-state index is 12.0. The van der Waals surface area contributed by atoms with Crippen molar-refractivity contribution in [1.82, 2.24) is 4.98 Å². The summed E-state index contributed by atoms with van der Waals surface area (Å²) < 4.78 is 12.0. The Kier molecular flexibility index (Phi) is 5.98. The van der Waals surface area contributed by atoms with Crippen LogP contribution in [0, 0.1) is 0 Å². The highest BCUT2D eigenvalue weighted by atomic mass is 32.2. The van der Waals surface area contributed by atoms with Gasteiger partial charge in [0, 0.05) is 17.5 Å². The van der Waals surface area contributed by atoms with Crippen molar-refractivity contribution < 1.29 is 9.05 Å². The van der Waals surface area contributed by atoms with Gasteiger partial charge in [-0.3, -0.25) is 9.19 Å². The van der Waals surface area contributed by atoms with Crippen LogP contribution in [0.2, 0.25) is 0 Å². The van der Waals surface area contributed by atoms with Crippen LogP contribution < -0.4 is 0 Å². The summed E-state index contributed by atoms with van der Waals surface area (Å²) in [6.45, 7) is 8.40. The zero-order valence-electron chi connectivity index (χ0n) is 11.3. The van der Waals surface area contributed by atoms with E-state index >= 15 is 0 Å². The van der Waals surface area contributed by atoms with Crippen LogP contribution in [-0.2, 0) is 15.6 Å². The Morgan fingerprint density at radius 1 is 1.50 bits per heavy atom. The van der Waals surface area contributed by atoms with E-state index in [9.17, 15) is 4.21 Å². The summed E-state index contributed by atoms with van der Waals surface area (Å²) in [5.74, 6) is 0.848. The van der Waals surface area contributed by atoms with E-state index in [1.807, 2.05) is 33.8 Å². The van der Waals surface area contributed by atoms with Crippen molar-refractivity contribution in [2.24, 2.45) is 5.16 Å². The van der Waals surface area contributed by atoms with Crippen LogP contribution in [0.4, 0.5) is 0 Å². The molecule has 1 aromatic rings. The largest absolute Gasteiger partial charge is 0.396 e. The molecule has 0 amide bonds. The lowest BCUT2D eigenvalue weighted by Gasteiger charge is -2.11. The quantitative estimate of drug-likeness (QED) is 0.589. The topological polar surface area (TPSA) is 51.6 Å². The van der Waals surface area contributed by atoms with Crippen molar-refractivity contribution in [2.75, 3.05) is 12.4 Å². The molecule has 4 nitrogen and oxygen atoms in total. The molecule has 1 atom stereocenters. The van der Waals surface area contributed by atoms with Crippen molar-refractivity contribution in [3.8, 4) is 0 Å². The third-order valence-corrected chi connectivity index (χ3v) is 3.70. The maximum absolute atomic E-state index is 12.0. The molecule has 0 spiro atoms. The van der Waals surface area contributed by atoms with Gasteiger partial charge in [0.15, 0.2) is 0 Å². The van der Waals surface area contributed by atoms with Crippen LogP contribution in [-0.4, -0.2) is 27.8 Å². The summed E-state index contributed by atoms with van der Waals surface area (Å²) >= 11 is 0. The van der Waals surface area contributed by atoms with E-state index in [1.54, 1.807) is 12.4 Å². The molecular formula is C13H20N2O2S. The number of pyridine rings is 1. The van der Waals surface area contributed by atoms with Crippen molar-refractivity contribution in [2.45, 2.75) is 38.5 Å². The number of rotatable bonds is 6. The minimum absolute atomic E-state index is 0.258. The Bertz CT molecular complexity index is 445. The lowest BCUT2D eigenvalue weighted by molar-refractivity contribution is 0.160. The Hall–Kier alpha value is -1.23. The molecule has 0 aliphatic rings. The predicted molar refractivity (Wildman–Crippen MR) is 74.5 cm³/mol. The van der Waals surface area contributed by atoms with E-state index in [0.717, 1.165) is 16.2 Å².